The highest BCUT2D eigenvalue weighted by atomic mass is 15.1. The number of hydrogen-bond acceptors (Lipinski definition) is 1. The second kappa shape index (κ2) is 4.12. The van der Waals surface area contributed by atoms with Crippen LogP contribution in [0.15, 0.2) is 18.2 Å². The standard InChI is InChI=1S/C15H21N/c1-12-5-4-6-13-7-8-14(11-15(12)13)16-9-2-3-10-16/h7-8,11-12H,2-6,9-10H2,1H3. The Morgan fingerprint density at radius 1 is 1.12 bits per heavy atom. The maximum Gasteiger partial charge on any atom is 0.0369 e. The zero-order valence-electron chi connectivity index (χ0n) is 10.2. The first-order valence-corrected chi connectivity index (χ1v) is 6.72. The lowest BCUT2D eigenvalue weighted by Crippen LogP contribution is -2.18. The van der Waals surface area contributed by atoms with Crippen molar-refractivity contribution >= 4 is 5.69 Å². The Kier molecular flexibility index (Phi) is 2.62. The van der Waals surface area contributed by atoms with Crippen molar-refractivity contribution in [2.45, 2.75) is 44.9 Å². The zero-order valence-corrected chi connectivity index (χ0v) is 10.2. The molecule has 1 aromatic rings. The molecule has 16 heavy (non-hydrogen) atoms. The van der Waals surface area contributed by atoms with E-state index in [9.17, 15) is 0 Å². The smallest absolute Gasteiger partial charge is 0.0369 e. The summed E-state index contributed by atoms with van der Waals surface area (Å²) in [4.78, 5) is 2.54. The summed E-state index contributed by atoms with van der Waals surface area (Å²) in [5, 5.41) is 0. The van der Waals surface area contributed by atoms with E-state index in [0.29, 0.717) is 0 Å². The highest BCUT2D eigenvalue weighted by Crippen LogP contribution is 2.34. The fourth-order valence-electron chi connectivity index (χ4n) is 3.19. The van der Waals surface area contributed by atoms with Gasteiger partial charge in [-0.15, -0.1) is 0 Å². The summed E-state index contributed by atoms with van der Waals surface area (Å²) >= 11 is 0. The molecule has 1 aliphatic heterocycles. The fourth-order valence-corrected chi connectivity index (χ4v) is 3.19. The Bertz CT molecular complexity index is 377. The first kappa shape index (κ1) is 10.2. The van der Waals surface area contributed by atoms with Crippen LogP contribution in [0.25, 0.3) is 0 Å². The van der Waals surface area contributed by atoms with Crippen LogP contribution in [0, 0.1) is 0 Å². The van der Waals surface area contributed by atoms with Crippen molar-refractivity contribution in [2.75, 3.05) is 18.0 Å². The molecule has 1 nitrogen and oxygen atoms in total. The van der Waals surface area contributed by atoms with Gasteiger partial charge in [0.25, 0.3) is 0 Å². The molecule has 0 bridgehead atoms. The first-order valence-electron chi connectivity index (χ1n) is 6.72. The summed E-state index contributed by atoms with van der Waals surface area (Å²) in [7, 11) is 0. The molecular weight excluding hydrogens is 194 g/mol. The minimum Gasteiger partial charge on any atom is -0.372 e. The molecule has 1 saturated heterocycles. The number of nitrogens with zero attached hydrogens (tertiary/aromatic N) is 1. The van der Waals surface area contributed by atoms with Crippen molar-refractivity contribution in [3.8, 4) is 0 Å². The third kappa shape index (κ3) is 1.73. The van der Waals surface area contributed by atoms with Crippen LogP contribution in [0.4, 0.5) is 5.69 Å². The monoisotopic (exact) mass is 215 g/mol. The van der Waals surface area contributed by atoms with E-state index in [2.05, 4.69) is 30.0 Å². The van der Waals surface area contributed by atoms with Gasteiger partial charge in [0.1, 0.15) is 0 Å². The van der Waals surface area contributed by atoms with Crippen molar-refractivity contribution in [2.24, 2.45) is 0 Å². The van der Waals surface area contributed by atoms with Gasteiger partial charge in [-0.05, 0) is 61.3 Å². The molecule has 86 valence electrons. The zero-order chi connectivity index (χ0) is 11.0. The van der Waals surface area contributed by atoms with Crippen molar-refractivity contribution in [1.29, 1.82) is 0 Å². The summed E-state index contributed by atoms with van der Waals surface area (Å²) < 4.78 is 0. The summed E-state index contributed by atoms with van der Waals surface area (Å²) in [6.07, 6.45) is 6.77. The molecule has 3 rings (SSSR count). The molecule has 1 heteroatoms. The predicted octanol–water partition coefficient (Wildman–Crippen LogP) is 3.73. The Morgan fingerprint density at radius 3 is 2.75 bits per heavy atom. The lowest BCUT2D eigenvalue weighted by atomic mass is 9.84. The van der Waals surface area contributed by atoms with E-state index >= 15 is 0 Å². The van der Waals surface area contributed by atoms with E-state index in [1.807, 2.05) is 0 Å². The Hall–Kier alpha value is -0.980. The van der Waals surface area contributed by atoms with Crippen molar-refractivity contribution in [3.05, 3.63) is 29.3 Å². The van der Waals surface area contributed by atoms with Crippen molar-refractivity contribution in [1.82, 2.24) is 0 Å². The van der Waals surface area contributed by atoms with Crippen LogP contribution in [0.5, 0.6) is 0 Å². The SMILES string of the molecule is CC1CCCc2ccc(N3CCCC3)cc21. The molecule has 0 radical (unpaired) electrons. The summed E-state index contributed by atoms with van der Waals surface area (Å²) in [6, 6.07) is 7.17. The van der Waals surface area contributed by atoms with E-state index in [1.54, 1.807) is 11.1 Å². The third-order valence-electron chi connectivity index (χ3n) is 4.21. The molecule has 2 aliphatic rings. The quantitative estimate of drug-likeness (QED) is 0.690. The highest BCUT2D eigenvalue weighted by Gasteiger charge is 2.19. The molecule has 1 heterocycles. The van der Waals surface area contributed by atoms with Crippen LogP contribution in [0.1, 0.15) is 49.7 Å². The fraction of sp³-hybridized carbons (Fsp3) is 0.600. The topological polar surface area (TPSA) is 3.24 Å². The summed E-state index contributed by atoms with van der Waals surface area (Å²) in [5.41, 5.74) is 4.68. The largest absolute Gasteiger partial charge is 0.372 e. The van der Waals surface area contributed by atoms with Gasteiger partial charge < -0.3 is 4.90 Å². The number of fused-ring (bicyclic) bond motifs is 1. The Morgan fingerprint density at radius 2 is 1.94 bits per heavy atom. The number of anilines is 1. The van der Waals surface area contributed by atoms with E-state index in [0.717, 1.165) is 5.92 Å². The second-order valence-corrected chi connectivity index (χ2v) is 5.37. The minimum absolute atomic E-state index is 0.770. The van der Waals surface area contributed by atoms with E-state index in [-0.39, 0.29) is 0 Å². The number of hydrogen-bond donors (Lipinski definition) is 0. The third-order valence-corrected chi connectivity index (χ3v) is 4.21. The lowest BCUT2D eigenvalue weighted by Gasteiger charge is -2.25. The van der Waals surface area contributed by atoms with Gasteiger partial charge in [-0.3, -0.25) is 0 Å². The molecule has 0 amide bonds. The van der Waals surface area contributed by atoms with Gasteiger partial charge >= 0.3 is 0 Å². The number of aryl methyl sites for hydroxylation is 1. The molecular formula is C15H21N. The maximum absolute atomic E-state index is 2.54. The molecule has 1 aliphatic carbocycles. The Labute approximate surface area is 98.5 Å². The number of benzene rings is 1. The highest BCUT2D eigenvalue weighted by molar-refractivity contribution is 5.53. The average molecular weight is 215 g/mol. The molecule has 0 saturated carbocycles. The summed E-state index contributed by atoms with van der Waals surface area (Å²) in [5.74, 6) is 0.770. The summed E-state index contributed by atoms with van der Waals surface area (Å²) in [6.45, 7) is 4.89. The number of rotatable bonds is 1. The van der Waals surface area contributed by atoms with Gasteiger partial charge in [0.05, 0.1) is 0 Å². The van der Waals surface area contributed by atoms with Gasteiger partial charge in [0, 0.05) is 18.8 Å². The molecule has 1 unspecified atom stereocenters. The van der Waals surface area contributed by atoms with Crippen molar-refractivity contribution < 1.29 is 0 Å². The van der Waals surface area contributed by atoms with Gasteiger partial charge in [0.2, 0.25) is 0 Å². The van der Waals surface area contributed by atoms with E-state index in [1.165, 1.54) is 50.9 Å². The molecule has 1 fully saturated rings. The van der Waals surface area contributed by atoms with Gasteiger partial charge in [-0.25, -0.2) is 0 Å². The first-order chi connectivity index (χ1) is 7.84. The van der Waals surface area contributed by atoms with Crippen LogP contribution < -0.4 is 4.90 Å². The van der Waals surface area contributed by atoms with E-state index in [4.69, 9.17) is 0 Å². The maximum atomic E-state index is 2.54. The van der Waals surface area contributed by atoms with Crippen molar-refractivity contribution in [3.63, 3.8) is 0 Å². The van der Waals surface area contributed by atoms with Crippen LogP contribution in [0.2, 0.25) is 0 Å². The molecule has 1 aromatic carbocycles. The Balaban J connectivity index is 1.93. The van der Waals surface area contributed by atoms with Crippen LogP contribution >= 0.6 is 0 Å². The average Bonchev–Trinajstić information content (AvgIpc) is 2.83. The normalized spacial score (nSPS) is 24.6. The minimum atomic E-state index is 0.770. The molecule has 0 aromatic heterocycles. The van der Waals surface area contributed by atoms with Crippen LogP contribution in [-0.4, -0.2) is 13.1 Å². The van der Waals surface area contributed by atoms with Crippen LogP contribution in [0.3, 0.4) is 0 Å². The van der Waals surface area contributed by atoms with Crippen LogP contribution in [-0.2, 0) is 6.42 Å². The lowest BCUT2D eigenvalue weighted by molar-refractivity contribution is 0.590. The van der Waals surface area contributed by atoms with E-state index < -0.39 is 0 Å². The van der Waals surface area contributed by atoms with Gasteiger partial charge in [-0.2, -0.15) is 0 Å². The van der Waals surface area contributed by atoms with Gasteiger partial charge in [0.15, 0.2) is 0 Å². The predicted molar refractivity (Wildman–Crippen MR) is 69.2 cm³/mol. The molecule has 0 N–H and O–H groups in total. The second-order valence-electron chi connectivity index (χ2n) is 5.37. The van der Waals surface area contributed by atoms with Gasteiger partial charge in [-0.1, -0.05) is 13.0 Å². The molecule has 1 atom stereocenters. The molecule has 0 spiro atoms.